The molecule has 26 heavy (non-hydrogen) atoms. The molecule has 2 aliphatic rings. The van der Waals surface area contributed by atoms with Crippen LogP contribution in [0.15, 0.2) is 46.6 Å². The molecule has 1 aromatic carbocycles. The molecule has 0 bridgehead atoms. The van der Waals surface area contributed by atoms with Crippen molar-refractivity contribution in [2.45, 2.75) is 51.1 Å². The lowest BCUT2D eigenvalue weighted by Crippen LogP contribution is -2.58. The first kappa shape index (κ1) is 16.6. The summed E-state index contributed by atoms with van der Waals surface area (Å²) in [6.45, 7) is 2.10. The minimum absolute atomic E-state index is 0.273. The molecule has 7 nitrogen and oxygen atoms in total. The molecule has 1 aliphatic heterocycles. The van der Waals surface area contributed by atoms with E-state index >= 15 is 0 Å². The first-order valence-corrected chi connectivity index (χ1v) is 9.26. The Hall–Kier alpha value is -2.83. The number of anilines is 1. The summed E-state index contributed by atoms with van der Waals surface area (Å²) in [5.41, 5.74) is 13.9. The molecule has 136 valence electrons. The number of nitrogens with zero attached hydrogens (tertiary/aromatic N) is 5. The fourth-order valence-corrected chi connectivity index (χ4v) is 4.14. The number of benzene rings is 1. The van der Waals surface area contributed by atoms with Gasteiger partial charge in [-0.1, -0.05) is 25.5 Å². The largest absolute Gasteiger partial charge is 0.369 e. The highest BCUT2D eigenvalue weighted by molar-refractivity contribution is 6.06. The molecule has 2 heterocycles. The van der Waals surface area contributed by atoms with Gasteiger partial charge in [-0.25, -0.2) is 9.98 Å². The van der Waals surface area contributed by atoms with Crippen LogP contribution in [0, 0.1) is 0 Å². The van der Waals surface area contributed by atoms with Crippen molar-refractivity contribution in [1.82, 2.24) is 9.55 Å². The van der Waals surface area contributed by atoms with Gasteiger partial charge in [0.25, 0.3) is 0 Å². The van der Waals surface area contributed by atoms with Gasteiger partial charge in [-0.05, 0) is 37.8 Å². The first-order chi connectivity index (χ1) is 12.6. The number of para-hydroxylation sites is 2. The average Bonchev–Trinajstić information content (AvgIpc) is 3.10. The van der Waals surface area contributed by atoms with Gasteiger partial charge in [0.15, 0.2) is 0 Å². The topological polar surface area (TPSA) is 97.8 Å². The molecular formula is C19H25N7. The number of nitrogens with two attached hydrogens (primary N) is 2. The molecule has 7 heteroatoms. The van der Waals surface area contributed by atoms with E-state index in [0.29, 0.717) is 5.96 Å². The summed E-state index contributed by atoms with van der Waals surface area (Å²) in [5.74, 6) is 1.69. The third-order valence-electron chi connectivity index (χ3n) is 5.27. The molecule has 1 saturated carbocycles. The minimum atomic E-state index is -0.447. The van der Waals surface area contributed by atoms with E-state index in [1.165, 1.54) is 6.42 Å². The van der Waals surface area contributed by atoms with Crippen LogP contribution in [0.1, 0.15) is 44.9 Å². The van der Waals surface area contributed by atoms with Crippen molar-refractivity contribution in [1.29, 1.82) is 0 Å². The molecule has 2 aromatic rings. The molecule has 0 unspecified atom stereocenters. The van der Waals surface area contributed by atoms with E-state index in [1.807, 2.05) is 24.5 Å². The summed E-state index contributed by atoms with van der Waals surface area (Å²) in [7, 11) is 0. The zero-order chi connectivity index (χ0) is 18.1. The Morgan fingerprint density at radius 1 is 1.08 bits per heavy atom. The number of hydrogen-bond acceptors (Lipinski definition) is 6. The number of rotatable bonds is 3. The molecule has 0 saturated heterocycles. The molecular weight excluding hydrogens is 326 g/mol. The average molecular weight is 351 g/mol. The van der Waals surface area contributed by atoms with E-state index in [1.54, 1.807) is 0 Å². The van der Waals surface area contributed by atoms with Crippen molar-refractivity contribution in [3.63, 3.8) is 0 Å². The van der Waals surface area contributed by atoms with Crippen LogP contribution in [-0.2, 0) is 6.42 Å². The van der Waals surface area contributed by atoms with Gasteiger partial charge in [0.1, 0.15) is 11.5 Å². The second-order valence-electron chi connectivity index (χ2n) is 6.87. The quantitative estimate of drug-likeness (QED) is 0.888. The van der Waals surface area contributed by atoms with Gasteiger partial charge in [-0.15, -0.1) is 0 Å². The highest BCUT2D eigenvalue weighted by Crippen LogP contribution is 2.41. The number of aromatic nitrogens is 2. The second-order valence-corrected chi connectivity index (χ2v) is 6.87. The maximum atomic E-state index is 6.39. The number of imidazole rings is 1. The van der Waals surface area contributed by atoms with Crippen LogP contribution in [0.3, 0.4) is 0 Å². The van der Waals surface area contributed by atoms with Gasteiger partial charge in [-0.2, -0.15) is 4.99 Å². The number of guanidine groups is 2. The van der Waals surface area contributed by atoms with Crippen LogP contribution in [0.25, 0.3) is 5.69 Å². The fourth-order valence-electron chi connectivity index (χ4n) is 4.14. The summed E-state index contributed by atoms with van der Waals surface area (Å²) in [6.07, 6.45) is 9.93. The number of hydrogen-bond donors (Lipinski definition) is 2. The van der Waals surface area contributed by atoms with Crippen LogP contribution in [0.5, 0.6) is 0 Å². The molecule has 0 amide bonds. The molecule has 4 N–H and O–H groups in total. The lowest BCUT2D eigenvalue weighted by atomic mass is 9.87. The standard InChI is InChI=1S/C19H25N7/c1-2-16-22-12-13-25(16)14-8-4-5-9-15(14)26-18(21)23-17(20)24-19(26)10-6-3-7-11-19/h4-5,8-9,12-13H,2-3,6-7,10-11H2,1H3,(H4,20,21,23,24). The van der Waals surface area contributed by atoms with Gasteiger partial charge < -0.3 is 16.0 Å². The number of aryl methyl sites for hydroxylation is 1. The Morgan fingerprint density at radius 3 is 2.54 bits per heavy atom. The summed E-state index contributed by atoms with van der Waals surface area (Å²) >= 11 is 0. The van der Waals surface area contributed by atoms with Gasteiger partial charge in [0.2, 0.25) is 11.9 Å². The highest BCUT2D eigenvalue weighted by atomic mass is 15.4. The number of aliphatic imine (C=N–C) groups is 2. The SMILES string of the molecule is CCc1nccn1-c1ccccc1N1C(N)=NC(N)=NC12CCCCC2. The van der Waals surface area contributed by atoms with Crippen LogP contribution in [0.4, 0.5) is 5.69 Å². The van der Waals surface area contributed by atoms with E-state index < -0.39 is 5.66 Å². The van der Waals surface area contributed by atoms with E-state index in [9.17, 15) is 0 Å². The van der Waals surface area contributed by atoms with Crippen LogP contribution in [0.2, 0.25) is 0 Å². The molecule has 1 spiro atoms. The highest BCUT2D eigenvalue weighted by Gasteiger charge is 2.43. The molecule has 0 atom stereocenters. The first-order valence-electron chi connectivity index (χ1n) is 9.26. The summed E-state index contributed by atoms with van der Waals surface area (Å²) in [4.78, 5) is 15.6. The Morgan fingerprint density at radius 2 is 1.81 bits per heavy atom. The zero-order valence-electron chi connectivity index (χ0n) is 15.1. The maximum absolute atomic E-state index is 6.39. The van der Waals surface area contributed by atoms with Crippen LogP contribution >= 0.6 is 0 Å². The lowest BCUT2D eigenvalue weighted by Gasteiger charge is -2.46. The summed E-state index contributed by atoms with van der Waals surface area (Å²) in [5, 5.41) is 0. The van der Waals surface area contributed by atoms with Gasteiger partial charge >= 0.3 is 0 Å². The smallest absolute Gasteiger partial charge is 0.220 e. The third-order valence-corrected chi connectivity index (χ3v) is 5.27. The van der Waals surface area contributed by atoms with Gasteiger partial charge in [0.05, 0.1) is 11.4 Å². The zero-order valence-corrected chi connectivity index (χ0v) is 15.1. The Bertz CT molecular complexity index is 858. The van der Waals surface area contributed by atoms with E-state index in [2.05, 4.69) is 38.5 Å². The molecule has 1 fully saturated rings. The summed E-state index contributed by atoms with van der Waals surface area (Å²) in [6, 6.07) is 8.21. The van der Waals surface area contributed by atoms with E-state index in [0.717, 1.165) is 49.3 Å². The van der Waals surface area contributed by atoms with Crippen molar-refractivity contribution < 1.29 is 0 Å². The van der Waals surface area contributed by atoms with Crippen molar-refractivity contribution in [2.75, 3.05) is 4.90 Å². The van der Waals surface area contributed by atoms with Crippen molar-refractivity contribution in [2.24, 2.45) is 21.5 Å². The monoisotopic (exact) mass is 351 g/mol. The minimum Gasteiger partial charge on any atom is -0.369 e. The second kappa shape index (κ2) is 6.48. The van der Waals surface area contributed by atoms with Crippen molar-refractivity contribution >= 4 is 17.6 Å². The molecule has 1 aromatic heterocycles. The van der Waals surface area contributed by atoms with Gasteiger partial charge in [0, 0.05) is 18.8 Å². The van der Waals surface area contributed by atoms with Crippen LogP contribution in [-0.4, -0.2) is 27.1 Å². The van der Waals surface area contributed by atoms with Crippen molar-refractivity contribution in [3.05, 3.63) is 42.5 Å². The van der Waals surface area contributed by atoms with E-state index in [-0.39, 0.29) is 5.96 Å². The van der Waals surface area contributed by atoms with Gasteiger partial charge in [-0.3, -0.25) is 4.90 Å². The fraction of sp³-hybridized carbons (Fsp3) is 0.421. The maximum Gasteiger partial charge on any atom is 0.220 e. The van der Waals surface area contributed by atoms with Crippen LogP contribution < -0.4 is 16.4 Å². The molecule has 4 rings (SSSR count). The Kier molecular flexibility index (Phi) is 4.14. The molecule has 1 aliphatic carbocycles. The predicted octanol–water partition coefficient (Wildman–Crippen LogP) is 2.54. The summed E-state index contributed by atoms with van der Waals surface area (Å²) < 4.78 is 2.11. The lowest BCUT2D eigenvalue weighted by molar-refractivity contribution is 0.305. The Labute approximate surface area is 153 Å². The normalized spacial score (nSPS) is 19.3. The predicted molar refractivity (Wildman–Crippen MR) is 104 cm³/mol. The van der Waals surface area contributed by atoms with Crippen molar-refractivity contribution in [3.8, 4) is 5.69 Å². The van der Waals surface area contributed by atoms with E-state index in [4.69, 9.17) is 16.5 Å². The molecule has 0 radical (unpaired) electrons. The third kappa shape index (κ3) is 2.64. The Balaban J connectivity index is 1.88.